The molecule has 0 unspecified atom stereocenters. The Hall–Kier alpha value is -1.65. The van der Waals surface area contributed by atoms with Crippen LogP contribution in [-0.2, 0) is 23.9 Å². The van der Waals surface area contributed by atoms with Crippen molar-refractivity contribution in [3.8, 4) is 0 Å². The van der Waals surface area contributed by atoms with Crippen molar-refractivity contribution in [3.63, 3.8) is 0 Å². The average Bonchev–Trinajstić information content (AvgIpc) is 2.33. The van der Waals surface area contributed by atoms with E-state index in [2.05, 4.69) is 0 Å². The second-order valence-electron chi connectivity index (χ2n) is 8.96. The molecule has 5 heteroatoms. The van der Waals surface area contributed by atoms with Gasteiger partial charge in [0.05, 0.1) is 18.9 Å². The number of methoxy groups -OCH3 is 1. The van der Waals surface area contributed by atoms with Crippen molar-refractivity contribution in [2.45, 2.75) is 67.2 Å². The third-order valence-electron chi connectivity index (χ3n) is 4.17. The Morgan fingerprint density at radius 3 is 2.25 bits per heavy atom. The van der Waals surface area contributed by atoms with Crippen LogP contribution in [0.25, 0.3) is 0 Å². The summed E-state index contributed by atoms with van der Waals surface area (Å²) in [7, 11) is 1.35. The van der Waals surface area contributed by atoms with Gasteiger partial charge in [-0.15, -0.1) is 0 Å². The van der Waals surface area contributed by atoms with Crippen LogP contribution < -0.4 is 0 Å². The molecule has 0 fully saturated rings. The lowest BCUT2D eigenvalue weighted by Crippen LogP contribution is -2.34. The molecule has 1 aliphatic carbocycles. The van der Waals surface area contributed by atoms with Gasteiger partial charge in [-0.25, -0.2) is 0 Å². The second-order valence-corrected chi connectivity index (χ2v) is 8.96. The molecule has 0 aromatic heterocycles. The van der Waals surface area contributed by atoms with E-state index in [1.165, 1.54) is 13.2 Å². The van der Waals surface area contributed by atoms with Gasteiger partial charge in [-0.05, 0) is 31.1 Å². The third kappa shape index (κ3) is 6.10. The molecular formula is C19H30O5. The van der Waals surface area contributed by atoms with E-state index in [0.717, 1.165) is 0 Å². The van der Waals surface area contributed by atoms with E-state index >= 15 is 0 Å². The molecule has 1 rings (SSSR count). The fourth-order valence-corrected chi connectivity index (χ4v) is 3.40. The maximum Gasteiger partial charge on any atom is 0.316 e. The van der Waals surface area contributed by atoms with Gasteiger partial charge in [0, 0.05) is 18.9 Å². The first-order valence-electron chi connectivity index (χ1n) is 8.29. The predicted molar refractivity (Wildman–Crippen MR) is 91.0 cm³/mol. The zero-order valence-corrected chi connectivity index (χ0v) is 15.9. The Morgan fingerprint density at radius 2 is 1.75 bits per heavy atom. The molecule has 0 amide bonds. The normalized spacial score (nSPS) is 18.0. The Morgan fingerprint density at radius 1 is 1.17 bits per heavy atom. The lowest BCUT2D eigenvalue weighted by Gasteiger charge is -2.34. The number of rotatable bonds is 6. The minimum absolute atomic E-state index is 0.0159. The first-order chi connectivity index (χ1) is 10.8. The van der Waals surface area contributed by atoms with E-state index in [-0.39, 0.29) is 29.6 Å². The van der Waals surface area contributed by atoms with Gasteiger partial charge < -0.3 is 9.47 Å². The summed E-state index contributed by atoms with van der Waals surface area (Å²) in [6.45, 7) is 11.4. The maximum atomic E-state index is 12.6. The van der Waals surface area contributed by atoms with Crippen LogP contribution in [0.4, 0.5) is 0 Å². The number of ether oxygens (including phenoxy) is 2. The van der Waals surface area contributed by atoms with Crippen molar-refractivity contribution in [1.82, 2.24) is 0 Å². The van der Waals surface area contributed by atoms with Crippen LogP contribution >= 0.6 is 0 Å². The molecule has 0 aromatic rings. The number of ketones is 1. The van der Waals surface area contributed by atoms with Crippen molar-refractivity contribution in [2.24, 2.45) is 16.2 Å². The highest BCUT2D eigenvalue weighted by atomic mass is 16.5. The Kier molecular flexibility index (Phi) is 6.01. The zero-order valence-electron chi connectivity index (χ0n) is 15.9. The quantitative estimate of drug-likeness (QED) is 0.689. The molecule has 0 atom stereocenters. The van der Waals surface area contributed by atoms with E-state index < -0.39 is 10.8 Å². The summed E-state index contributed by atoms with van der Waals surface area (Å²) >= 11 is 0. The summed E-state index contributed by atoms with van der Waals surface area (Å²) in [6, 6.07) is 0. The summed E-state index contributed by atoms with van der Waals surface area (Å²) in [5.74, 6) is -0.262. The number of esters is 2. The SMILES string of the molecule is COC(=O)CC(C)(C)CC(C)(C)C(=O)OC1=CC(=O)CC(C)(C)C1. The van der Waals surface area contributed by atoms with E-state index in [1.54, 1.807) is 13.8 Å². The van der Waals surface area contributed by atoms with Crippen LogP contribution in [0.5, 0.6) is 0 Å². The highest BCUT2D eigenvalue weighted by Crippen LogP contribution is 2.39. The number of allylic oxidation sites excluding steroid dienone is 2. The fraction of sp³-hybridized carbons (Fsp3) is 0.737. The fourth-order valence-electron chi connectivity index (χ4n) is 3.40. The van der Waals surface area contributed by atoms with Crippen molar-refractivity contribution in [1.29, 1.82) is 0 Å². The van der Waals surface area contributed by atoms with Gasteiger partial charge in [-0.2, -0.15) is 0 Å². The van der Waals surface area contributed by atoms with Crippen molar-refractivity contribution in [2.75, 3.05) is 7.11 Å². The third-order valence-corrected chi connectivity index (χ3v) is 4.17. The topological polar surface area (TPSA) is 69.7 Å². The molecule has 0 N–H and O–H groups in total. The smallest absolute Gasteiger partial charge is 0.316 e. The second kappa shape index (κ2) is 7.08. The van der Waals surface area contributed by atoms with Crippen LogP contribution in [-0.4, -0.2) is 24.8 Å². The van der Waals surface area contributed by atoms with Gasteiger partial charge in [0.2, 0.25) is 0 Å². The first-order valence-corrected chi connectivity index (χ1v) is 8.29. The molecule has 0 saturated carbocycles. The predicted octanol–water partition coefficient (Wildman–Crippen LogP) is 3.81. The lowest BCUT2D eigenvalue weighted by molar-refractivity contribution is -0.154. The Bertz CT molecular complexity index is 552. The van der Waals surface area contributed by atoms with Crippen molar-refractivity contribution >= 4 is 17.7 Å². The van der Waals surface area contributed by atoms with Crippen LogP contribution in [0.15, 0.2) is 11.8 Å². The van der Waals surface area contributed by atoms with Crippen LogP contribution in [0.1, 0.15) is 67.2 Å². The summed E-state index contributed by atoms with van der Waals surface area (Å²) in [4.78, 5) is 35.9. The van der Waals surface area contributed by atoms with E-state index in [9.17, 15) is 14.4 Å². The molecule has 0 bridgehead atoms. The molecule has 1 aliphatic rings. The molecule has 0 aromatic carbocycles. The molecule has 0 saturated heterocycles. The van der Waals surface area contributed by atoms with E-state index in [4.69, 9.17) is 9.47 Å². The van der Waals surface area contributed by atoms with Gasteiger partial charge in [0.1, 0.15) is 5.76 Å². The number of carbonyl (C=O) groups excluding carboxylic acids is 3. The number of hydrogen-bond acceptors (Lipinski definition) is 5. The van der Waals surface area contributed by atoms with Gasteiger partial charge >= 0.3 is 11.9 Å². The average molecular weight is 338 g/mol. The Labute approximate surface area is 144 Å². The molecule has 0 aliphatic heterocycles. The van der Waals surface area contributed by atoms with Gasteiger partial charge in [-0.1, -0.05) is 27.7 Å². The largest absolute Gasteiger partial charge is 0.469 e. The summed E-state index contributed by atoms with van der Waals surface area (Å²) in [5.41, 5.74) is -1.37. The monoisotopic (exact) mass is 338 g/mol. The van der Waals surface area contributed by atoms with Crippen LogP contribution in [0.3, 0.4) is 0 Å². The highest BCUT2D eigenvalue weighted by Gasteiger charge is 2.39. The van der Waals surface area contributed by atoms with Gasteiger partial charge in [0.25, 0.3) is 0 Å². The van der Waals surface area contributed by atoms with Crippen LogP contribution in [0.2, 0.25) is 0 Å². The summed E-state index contributed by atoms with van der Waals surface area (Å²) in [5, 5.41) is 0. The number of hydrogen-bond donors (Lipinski definition) is 0. The lowest BCUT2D eigenvalue weighted by atomic mass is 9.73. The highest BCUT2D eigenvalue weighted by molar-refractivity contribution is 5.92. The van der Waals surface area contributed by atoms with E-state index in [1.807, 2.05) is 27.7 Å². The summed E-state index contributed by atoms with van der Waals surface area (Å²) in [6.07, 6.45) is 3.15. The molecule has 5 nitrogen and oxygen atoms in total. The van der Waals surface area contributed by atoms with Crippen molar-refractivity contribution < 1.29 is 23.9 Å². The maximum absolute atomic E-state index is 12.6. The van der Waals surface area contributed by atoms with Crippen LogP contribution in [0, 0.1) is 16.2 Å². The van der Waals surface area contributed by atoms with E-state index in [0.29, 0.717) is 25.0 Å². The molecular weight excluding hydrogens is 308 g/mol. The minimum Gasteiger partial charge on any atom is -0.469 e. The molecule has 0 heterocycles. The first kappa shape index (κ1) is 20.4. The molecule has 24 heavy (non-hydrogen) atoms. The zero-order chi connectivity index (χ0) is 18.8. The molecule has 0 spiro atoms. The summed E-state index contributed by atoms with van der Waals surface area (Å²) < 4.78 is 10.2. The molecule has 0 radical (unpaired) electrons. The van der Waals surface area contributed by atoms with Gasteiger partial charge in [-0.3, -0.25) is 14.4 Å². The van der Waals surface area contributed by atoms with Gasteiger partial charge in [0.15, 0.2) is 5.78 Å². The number of carbonyl (C=O) groups is 3. The Balaban J connectivity index is 2.78. The standard InChI is InChI=1S/C19H30O5/c1-17(2)9-13(20)8-14(10-17)24-16(22)19(5,6)12-18(3,4)11-15(21)23-7/h8H,9-12H2,1-7H3. The van der Waals surface area contributed by atoms with Crippen molar-refractivity contribution in [3.05, 3.63) is 11.8 Å². The molecule has 136 valence electrons. The minimum atomic E-state index is -0.775.